The van der Waals surface area contributed by atoms with Crippen LogP contribution in [-0.4, -0.2) is 23.3 Å². The number of imide groups is 1. The lowest BCUT2D eigenvalue weighted by Crippen LogP contribution is -2.43. The van der Waals surface area contributed by atoms with Gasteiger partial charge >= 0.3 is 0 Å². The first-order valence-electron chi connectivity index (χ1n) is 6.60. The molecular formula is C14H22N2O2. The van der Waals surface area contributed by atoms with Crippen LogP contribution in [0.3, 0.4) is 0 Å². The predicted octanol–water partition coefficient (Wildman–Crippen LogP) is 2.49. The number of nitriles is 1. The zero-order valence-corrected chi connectivity index (χ0v) is 11.5. The lowest BCUT2D eigenvalue weighted by atomic mass is 9.89. The Kier molecular flexibility index (Phi) is 4.89. The van der Waals surface area contributed by atoms with Crippen LogP contribution in [0.5, 0.6) is 0 Å². The number of amides is 2. The van der Waals surface area contributed by atoms with E-state index in [2.05, 4.69) is 6.07 Å². The lowest BCUT2D eigenvalue weighted by molar-refractivity contribution is -0.149. The van der Waals surface area contributed by atoms with E-state index in [0.29, 0.717) is 19.4 Å². The Labute approximate surface area is 109 Å². The molecule has 1 rings (SSSR count). The SMILES string of the molecule is CC1CC(=O)N(CCCCC(C)(C)C#N)C(=O)C1. The summed E-state index contributed by atoms with van der Waals surface area (Å²) in [5.41, 5.74) is -0.315. The van der Waals surface area contributed by atoms with Gasteiger partial charge in [0.15, 0.2) is 0 Å². The summed E-state index contributed by atoms with van der Waals surface area (Å²) in [5, 5.41) is 8.89. The van der Waals surface area contributed by atoms with Crippen molar-refractivity contribution in [1.29, 1.82) is 5.26 Å². The average Bonchev–Trinajstić information content (AvgIpc) is 2.26. The number of hydrogen-bond acceptors (Lipinski definition) is 3. The summed E-state index contributed by atoms with van der Waals surface area (Å²) < 4.78 is 0. The fourth-order valence-electron chi connectivity index (χ4n) is 2.17. The van der Waals surface area contributed by atoms with Crippen LogP contribution < -0.4 is 0 Å². The molecule has 0 saturated carbocycles. The van der Waals surface area contributed by atoms with Crippen molar-refractivity contribution in [3.63, 3.8) is 0 Å². The zero-order chi connectivity index (χ0) is 13.8. The zero-order valence-electron chi connectivity index (χ0n) is 11.5. The van der Waals surface area contributed by atoms with Crippen molar-refractivity contribution in [2.24, 2.45) is 11.3 Å². The Morgan fingerprint density at radius 3 is 2.33 bits per heavy atom. The molecule has 0 atom stereocenters. The van der Waals surface area contributed by atoms with Gasteiger partial charge in [-0.25, -0.2) is 0 Å². The van der Waals surface area contributed by atoms with E-state index in [4.69, 9.17) is 5.26 Å². The third-order valence-electron chi connectivity index (χ3n) is 3.38. The second-order valence-corrected chi connectivity index (χ2v) is 5.91. The Bertz CT molecular complexity index is 350. The van der Waals surface area contributed by atoms with E-state index in [1.807, 2.05) is 20.8 Å². The predicted molar refractivity (Wildman–Crippen MR) is 68.4 cm³/mol. The summed E-state index contributed by atoms with van der Waals surface area (Å²) in [7, 11) is 0. The van der Waals surface area contributed by atoms with Gasteiger partial charge in [-0.1, -0.05) is 13.3 Å². The minimum atomic E-state index is -0.315. The molecule has 4 nitrogen and oxygen atoms in total. The number of hydrogen-bond donors (Lipinski definition) is 0. The summed E-state index contributed by atoms with van der Waals surface area (Å²) in [6.45, 7) is 6.26. The van der Waals surface area contributed by atoms with E-state index >= 15 is 0 Å². The molecule has 1 heterocycles. The van der Waals surface area contributed by atoms with Crippen LogP contribution >= 0.6 is 0 Å². The summed E-state index contributed by atoms with van der Waals surface area (Å²) in [4.78, 5) is 24.8. The first-order valence-corrected chi connectivity index (χ1v) is 6.60. The van der Waals surface area contributed by atoms with Crippen LogP contribution in [0.25, 0.3) is 0 Å². The molecule has 1 saturated heterocycles. The third kappa shape index (κ3) is 4.14. The van der Waals surface area contributed by atoms with E-state index in [1.165, 1.54) is 4.90 Å². The van der Waals surface area contributed by atoms with E-state index in [-0.39, 0.29) is 23.1 Å². The second-order valence-electron chi connectivity index (χ2n) is 5.91. The highest BCUT2D eigenvalue weighted by molar-refractivity contribution is 5.97. The summed E-state index contributed by atoms with van der Waals surface area (Å²) in [5.74, 6) is 0.0929. The molecular weight excluding hydrogens is 228 g/mol. The lowest BCUT2D eigenvalue weighted by Gasteiger charge is -2.28. The summed E-state index contributed by atoms with van der Waals surface area (Å²) >= 11 is 0. The van der Waals surface area contributed by atoms with Gasteiger partial charge in [0.05, 0.1) is 11.5 Å². The van der Waals surface area contributed by atoms with Gasteiger partial charge in [-0.3, -0.25) is 14.5 Å². The topological polar surface area (TPSA) is 61.2 Å². The fraction of sp³-hybridized carbons (Fsp3) is 0.786. The van der Waals surface area contributed by atoms with Crippen molar-refractivity contribution in [2.45, 2.75) is 52.9 Å². The van der Waals surface area contributed by atoms with Gasteiger partial charge in [-0.05, 0) is 32.6 Å². The first-order chi connectivity index (χ1) is 8.35. The number of carbonyl (C=O) groups is 2. The monoisotopic (exact) mass is 250 g/mol. The van der Waals surface area contributed by atoms with Crippen molar-refractivity contribution in [3.8, 4) is 6.07 Å². The number of rotatable bonds is 5. The quantitative estimate of drug-likeness (QED) is 0.556. The molecule has 0 aliphatic carbocycles. The molecule has 4 heteroatoms. The fourth-order valence-corrected chi connectivity index (χ4v) is 2.17. The van der Waals surface area contributed by atoms with Crippen LogP contribution in [0.2, 0.25) is 0 Å². The molecule has 2 amide bonds. The molecule has 1 aliphatic rings. The van der Waals surface area contributed by atoms with Gasteiger partial charge in [-0.15, -0.1) is 0 Å². The smallest absolute Gasteiger partial charge is 0.229 e. The van der Waals surface area contributed by atoms with Gasteiger partial charge in [0, 0.05) is 19.4 Å². The van der Waals surface area contributed by atoms with Crippen LogP contribution in [-0.2, 0) is 9.59 Å². The van der Waals surface area contributed by atoms with Crippen LogP contribution in [0, 0.1) is 22.7 Å². The number of piperidine rings is 1. The minimum Gasteiger partial charge on any atom is -0.283 e. The highest BCUT2D eigenvalue weighted by Gasteiger charge is 2.29. The van der Waals surface area contributed by atoms with E-state index in [0.717, 1.165) is 19.3 Å². The first kappa shape index (κ1) is 14.7. The Morgan fingerprint density at radius 2 is 1.83 bits per heavy atom. The van der Waals surface area contributed by atoms with Crippen LogP contribution in [0.1, 0.15) is 52.9 Å². The maximum Gasteiger partial charge on any atom is 0.229 e. The Morgan fingerprint density at radius 1 is 1.28 bits per heavy atom. The molecule has 0 N–H and O–H groups in total. The number of unbranched alkanes of at least 4 members (excludes halogenated alkanes) is 1. The number of nitrogens with zero attached hydrogens (tertiary/aromatic N) is 2. The second kappa shape index (κ2) is 5.99. The molecule has 0 bridgehead atoms. The molecule has 1 aliphatic heterocycles. The molecule has 0 aromatic carbocycles. The normalized spacial score (nSPS) is 18.0. The Balaban J connectivity index is 2.34. The van der Waals surface area contributed by atoms with Crippen molar-refractivity contribution in [2.75, 3.05) is 6.54 Å². The van der Waals surface area contributed by atoms with E-state index < -0.39 is 0 Å². The highest BCUT2D eigenvalue weighted by atomic mass is 16.2. The van der Waals surface area contributed by atoms with Crippen molar-refractivity contribution in [3.05, 3.63) is 0 Å². The van der Waals surface area contributed by atoms with E-state index in [1.54, 1.807) is 0 Å². The molecule has 0 radical (unpaired) electrons. The van der Waals surface area contributed by atoms with Gasteiger partial charge in [-0.2, -0.15) is 5.26 Å². The van der Waals surface area contributed by atoms with Crippen molar-refractivity contribution in [1.82, 2.24) is 4.90 Å². The van der Waals surface area contributed by atoms with Crippen LogP contribution in [0.4, 0.5) is 0 Å². The summed E-state index contributed by atoms with van der Waals surface area (Å²) in [6.07, 6.45) is 3.42. The largest absolute Gasteiger partial charge is 0.283 e. The number of likely N-dealkylation sites (tertiary alicyclic amines) is 1. The Hall–Kier alpha value is -1.37. The standard InChI is InChI=1S/C14H22N2O2/c1-11-8-12(17)16(13(18)9-11)7-5-4-6-14(2,3)10-15/h11H,4-9H2,1-3H3. The van der Waals surface area contributed by atoms with Crippen LogP contribution in [0.15, 0.2) is 0 Å². The maximum atomic E-state index is 11.7. The molecule has 100 valence electrons. The van der Waals surface area contributed by atoms with Gasteiger partial charge in [0.25, 0.3) is 0 Å². The van der Waals surface area contributed by atoms with Gasteiger partial charge in [0.1, 0.15) is 0 Å². The van der Waals surface area contributed by atoms with Crippen molar-refractivity contribution >= 4 is 11.8 Å². The van der Waals surface area contributed by atoms with Gasteiger partial charge in [0.2, 0.25) is 11.8 Å². The van der Waals surface area contributed by atoms with Gasteiger partial charge < -0.3 is 0 Å². The molecule has 0 unspecified atom stereocenters. The minimum absolute atomic E-state index is 0.0432. The molecule has 18 heavy (non-hydrogen) atoms. The van der Waals surface area contributed by atoms with Crippen molar-refractivity contribution < 1.29 is 9.59 Å². The highest BCUT2D eigenvalue weighted by Crippen LogP contribution is 2.23. The number of carbonyl (C=O) groups excluding carboxylic acids is 2. The van der Waals surface area contributed by atoms with E-state index in [9.17, 15) is 9.59 Å². The summed E-state index contributed by atoms with van der Waals surface area (Å²) in [6, 6.07) is 2.26. The molecule has 0 aromatic rings. The average molecular weight is 250 g/mol. The third-order valence-corrected chi connectivity index (χ3v) is 3.38. The molecule has 0 spiro atoms. The maximum absolute atomic E-state index is 11.7. The molecule has 0 aromatic heterocycles. The molecule has 1 fully saturated rings.